The number of nitrogens with zero attached hydrogens (tertiary/aromatic N) is 1. The van der Waals surface area contributed by atoms with E-state index in [-0.39, 0.29) is 6.61 Å². The molecule has 1 heterocycles. The second-order valence-electron chi connectivity index (χ2n) is 10.1. The molecule has 9 nitrogen and oxygen atoms in total. The minimum atomic E-state index is -4.74. The van der Waals surface area contributed by atoms with E-state index in [1.807, 2.05) is 0 Å². The molecule has 2 unspecified atom stereocenters. The predicted octanol–water partition coefficient (Wildman–Crippen LogP) is 3.42. The van der Waals surface area contributed by atoms with Crippen LogP contribution in [0.1, 0.15) is 62.3 Å². The second kappa shape index (κ2) is 11.6. The Morgan fingerprint density at radius 2 is 1.72 bits per heavy atom. The standard InChI is InChI=1S/C23H35F3N2O7Si/c1-9-34-19(33)14-10-11-28(17(30)16(14)18(31)32)12-15(29)27-22(13(2)3,35-36(7)8)20(21(4,5)6)23(24,25)26/h10-11,13,20,36H,9,12H2,1-8H3,(H,27,29)(H,31,32). The number of carbonyl (C=O) groups excluding carboxylic acids is 2. The van der Waals surface area contributed by atoms with Crippen molar-refractivity contribution in [2.45, 2.75) is 73.1 Å². The van der Waals surface area contributed by atoms with E-state index in [1.165, 1.54) is 41.5 Å². The van der Waals surface area contributed by atoms with Crippen molar-refractivity contribution in [3.63, 3.8) is 0 Å². The summed E-state index contributed by atoms with van der Waals surface area (Å²) in [5, 5.41) is 11.9. The quantitative estimate of drug-likeness (QED) is 0.267. The summed E-state index contributed by atoms with van der Waals surface area (Å²) >= 11 is 0. The van der Waals surface area contributed by atoms with Crippen LogP contribution in [-0.4, -0.2) is 55.1 Å². The fourth-order valence-electron chi connectivity index (χ4n) is 4.25. The third kappa shape index (κ3) is 7.18. The fraction of sp³-hybridized carbons (Fsp3) is 0.652. The van der Waals surface area contributed by atoms with Crippen LogP contribution in [0.15, 0.2) is 17.1 Å². The minimum absolute atomic E-state index is 0.0615. The normalized spacial score (nSPS) is 14.9. The third-order valence-corrected chi connectivity index (χ3v) is 6.30. The predicted molar refractivity (Wildman–Crippen MR) is 128 cm³/mol. The Balaban J connectivity index is 3.58. The topological polar surface area (TPSA) is 124 Å². The average molecular weight is 537 g/mol. The van der Waals surface area contributed by atoms with Gasteiger partial charge < -0.3 is 24.2 Å². The van der Waals surface area contributed by atoms with E-state index in [2.05, 4.69) is 5.32 Å². The van der Waals surface area contributed by atoms with E-state index in [1.54, 1.807) is 13.1 Å². The van der Waals surface area contributed by atoms with Gasteiger partial charge in [-0.3, -0.25) is 9.59 Å². The number of amides is 1. The molecule has 1 rings (SSSR count). The fourth-order valence-corrected chi connectivity index (χ4v) is 5.49. The van der Waals surface area contributed by atoms with E-state index >= 15 is 0 Å². The first-order chi connectivity index (χ1) is 16.3. The molecular formula is C23H35F3N2O7Si. The van der Waals surface area contributed by atoms with Gasteiger partial charge in [0.2, 0.25) is 5.91 Å². The molecule has 0 saturated carbocycles. The Bertz CT molecular complexity index is 1020. The zero-order valence-electron chi connectivity index (χ0n) is 21.8. The first-order valence-corrected chi connectivity index (χ1v) is 14.3. The summed E-state index contributed by atoms with van der Waals surface area (Å²) in [6.45, 7) is 11.2. The number of nitrogens with one attached hydrogen (secondary N) is 1. The van der Waals surface area contributed by atoms with Crippen LogP contribution in [0, 0.1) is 17.3 Å². The number of carboxylic acids is 1. The first-order valence-electron chi connectivity index (χ1n) is 11.5. The van der Waals surface area contributed by atoms with Crippen molar-refractivity contribution in [2.75, 3.05) is 6.61 Å². The third-order valence-electron chi connectivity index (χ3n) is 5.43. The smallest absolute Gasteiger partial charge is 0.396 e. The van der Waals surface area contributed by atoms with Crippen LogP contribution in [0.3, 0.4) is 0 Å². The number of carboxylic acid groups (broad SMARTS) is 1. The number of hydrogen-bond donors (Lipinski definition) is 2. The molecule has 1 aromatic heterocycles. The van der Waals surface area contributed by atoms with Gasteiger partial charge >= 0.3 is 18.1 Å². The molecule has 204 valence electrons. The van der Waals surface area contributed by atoms with Crippen LogP contribution >= 0.6 is 0 Å². The van der Waals surface area contributed by atoms with Crippen LogP contribution < -0.4 is 10.9 Å². The summed E-state index contributed by atoms with van der Waals surface area (Å²) in [6.07, 6.45) is -3.73. The Morgan fingerprint density at radius 3 is 2.11 bits per heavy atom. The first kappa shape index (κ1) is 31.4. The van der Waals surface area contributed by atoms with Gasteiger partial charge in [0, 0.05) is 12.1 Å². The Hall–Kier alpha value is -2.67. The Morgan fingerprint density at radius 1 is 1.17 bits per heavy atom. The van der Waals surface area contributed by atoms with Gasteiger partial charge in [0.1, 0.15) is 23.8 Å². The lowest BCUT2D eigenvalue weighted by molar-refractivity contribution is -0.265. The number of aromatic carboxylic acids is 1. The summed E-state index contributed by atoms with van der Waals surface area (Å²) in [7, 11) is -2.16. The number of ether oxygens (including phenoxy) is 1. The molecule has 0 aliphatic rings. The lowest BCUT2D eigenvalue weighted by Gasteiger charge is -2.51. The maximum absolute atomic E-state index is 14.4. The molecule has 0 saturated heterocycles. The van der Waals surface area contributed by atoms with Crippen LogP contribution in [-0.2, 0) is 20.5 Å². The lowest BCUT2D eigenvalue weighted by Crippen LogP contribution is -2.67. The number of pyridine rings is 1. The molecule has 0 radical (unpaired) electrons. The van der Waals surface area contributed by atoms with Crippen molar-refractivity contribution in [1.82, 2.24) is 9.88 Å². The van der Waals surface area contributed by atoms with Gasteiger partial charge in [0.15, 0.2) is 9.04 Å². The van der Waals surface area contributed by atoms with Gasteiger partial charge in [0.25, 0.3) is 5.56 Å². The van der Waals surface area contributed by atoms with E-state index in [0.717, 1.165) is 12.3 Å². The molecule has 1 amide bonds. The van der Waals surface area contributed by atoms with Gasteiger partial charge in [-0.15, -0.1) is 0 Å². The van der Waals surface area contributed by atoms with Crippen molar-refractivity contribution in [1.29, 1.82) is 0 Å². The molecule has 0 aromatic carbocycles. The molecule has 0 fully saturated rings. The summed E-state index contributed by atoms with van der Waals surface area (Å²) in [4.78, 5) is 49.6. The second-order valence-corrected chi connectivity index (χ2v) is 12.4. The van der Waals surface area contributed by atoms with Crippen LogP contribution in [0.2, 0.25) is 13.1 Å². The zero-order valence-corrected chi connectivity index (χ0v) is 22.9. The maximum Gasteiger partial charge on any atom is 0.396 e. The number of alkyl halides is 3. The highest BCUT2D eigenvalue weighted by atomic mass is 28.3. The van der Waals surface area contributed by atoms with Gasteiger partial charge in [0.05, 0.1) is 12.2 Å². The highest BCUT2D eigenvalue weighted by Crippen LogP contribution is 2.49. The molecule has 2 N–H and O–H groups in total. The maximum atomic E-state index is 14.4. The average Bonchev–Trinajstić information content (AvgIpc) is 2.65. The van der Waals surface area contributed by atoms with Crippen LogP contribution in [0.4, 0.5) is 13.2 Å². The number of carbonyl (C=O) groups is 3. The molecule has 2 atom stereocenters. The SMILES string of the molecule is CCOC(=O)c1ccn(CC(=O)NC(O[SiH](C)C)(C(C)C)C(C(C)(C)C)C(F)(F)F)c(=O)c1C(=O)O. The van der Waals surface area contributed by atoms with Gasteiger partial charge in [-0.05, 0) is 31.5 Å². The van der Waals surface area contributed by atoms with Gasteiger partial charge in [-0.25, -0.2) is 9.59 Å². The molecular weight excluding hydrogens is 501 g/mol. The van der Waals surface area contributed by atoms with Crippen molar-refractivity contribution in [2.24, 2.45) is 17.3 Å². The number of hydrogen-bond acceptors (Lipinski definition) is 6. The number of rotatable bonds is 10. The summed E-state index contributed by atoms with van der Waals surface area (Å²) in [6, 6.07) is 1.01. The molecule has 0 aliphatic carbocycles. The van der Waals surface area contributed by atoms with Gasteiger partial charge in [-0.1, -0.05) is 34.6 Å². The van der Waals surface area contributed by atoms with Crippen molar-refractivity contribution in [3.05, 3.63) is 33.7 Å². The van der Waals surface area contributed by atoms with Crippen molar-refractivity contribution >= 4 is 26.9 Å². The van der Waals surface area contributed by atoms with E-state index in [0.29, 0.717) is 4.57 Å². The molecule has 0 bridgehead atoms. The largest absolute Gasteiger partial charge is 0.477 e. The molecule has 0 spiro atoms. The van der Waals surface area contributed by atoms with Crippen molar-refractivity contribution in [3.8, 4) is 0 Å². The highest BCUT2D eigenvalue weighted by Gasteiger charge is 2.61. The zero-order chi connectivity index (χ0) is 28.2. The van der Waals surface area contributed by atoms with Crippen LogP contribution in [0.25, 0.3) is 0 Å². The monoisotopic (exact) mass is 536 g/mol. The molecule has 0 aliphatic heterocycles. The molecule has 1 aromatic rings. The number of esters is 1. The summed E-state index contributed by atoms with van der Waals surface area (Å²) < 4.78 is 54.6. The minimum Gasteiger partial charge on any atom is -0.477 e. The highest BCUT2D eigenvalue weighted by molar-refractivity contribution is 6.48. The summed E-state index contributed by atoms with van der Waals surface area (Å²) in [5.41, 5.74) is -6.10. The van der Waals surface area contributed by atoms with E-state index < -0.39 is 79.3 Å². The van der Waals surface area contributed by atoms with Gasteiger partial charge in [-0.2, -0.15) is 13.2 Å². The van der Waals surface area contributed by atoms with Crippen molar-refractivity contribution < 1.29 is 41.8 Å². The number of aromatic nitrogens is 1. The Kier molecular flexibility index (Phi) is 10.1. The Labute approximate surface area is 209 Å². The van der Waals surface area contributed by atoms with E-state index in [9.17, 15) is 37.5 Å². The molecule has 36 heavy (non-hydrogen) atoms. The molecule has 13 heteroatoms. The van der Waals surface area contributed by atoms with E-state index in [4.69, 9.17) is 9.16 Å². The lowest BCUT2D eigenvalue weighted by atomic mass is 9.70. The number of halogens is 3. The summed E-state index contributed by atoms with van der Waals surface area (Å²) in [5.74, 6) is -6.66. The van der Waals surface area contributed by atoms with Crippen LogP contribution in [0.5, 0.6) is 0 Å².